The topological polar surface area (TPSA) is 140 Å². The van der Waals surface area contributed by atoms with Gasteiger partial charge in [-0.15, -0.1) is 13.2 Å². The normalized spacial score (nSPS) is 13.5. The lowest BCUT2D eigenvalue weighted by atomic mass is 10.0. The molecule has 0 aromatic heterocycles. The van der Waals surface area contributed by atoms with Crippen LogP contribution in [0.5, 0.6) is 0 Å². The number of hydrogen-bond acceptors (Lipinski definition) is 10. The van der Waals surface area contributed by atoms with Crippen molar-refractivity contribution in [2.24, 2.45) is 11.8 Å². The minimum atomic E-state index is -1.35. The molecule has 0 heterocycles. The Balaban J connectivity index is 0. The van der Waals surface area contributed by atoms with Crippen LogP contribution in [0.4, 0.5) is 0 Å². The van der Waals surface area contributed by atoms with E-state index in [0.29, 0.717) is 44.9 Å². The first-order chi connectivity index (χ1) is 21.8. The molecule has 11 heteroatoms. The lowest BCUT2D eigenvalue weighted by Crippen LogP contribution is -2.59. The molecule has 0 aliphatic rings. The number of likely N-dealkylation sites (N-methyl/N-ethyl adjacent to an activating group) is 2. The minimum absolute atomic E-state index is 0.0709. The van der Waals surface area contributed by atoms with Gasteiger partial charge in [0, 0.05) is 6.08 Å². The molecular weight excluding hydrogens is 590 g/mol. The molecule has 0 spiro atoms. The second-order valence-corrected chi connectivity index (χ2v) is 12.0. The van der Waals surface area contributed by atoms with Crippen LogP contribution in [0.2, 0.25) is 0 Å². The van der Waals surface area contributed by atoms with Crippen molar-refractivity contribution >= 4 is 29.6 Å². The van der Waals surface area contributed by atoms with Gasteiger partial charge in [-0.1, -0.05) is 54.5 Å². The van der Waals surface area contributed by atoms with Crippen LogP contribution < -0.4 is 10.6 Å². The van der Waals surface area contributed by atoms with E-state index in [0.717, 1.165) is 38.2 Å². The molecule has 0 aromatic carbocycles. The molecule has 4 atom stereocenters. The van der Waals surface area contributed by atoms with Crippen LogP contribution in [0.25, 0.3) is 0 Å². The first kappa shape index (κ1) is 45.1. The molecule has 0 saturated heterocycles. The van der Waals surface area contributed by atoms with E-state index >= 15 is 0 Å². The molecule has 0 saturated carbocycles. The molecule has 0 aliphatic heterocycles. The molecule has 0 radical (unpaired) electrons. The number of carbonyl (C=O) groups is 5. The molecule has 2 N–H and O–H groups in total. The number of nitrogens with one attached hydrogen (secondary N) is 2. The Hall–Kier alpha value is -3.05. The van der Waals surface area contributed by atoms with Gasteiger partial charge in [-0.25, -0.2) is 9.59 Å². The number of rotatable bonds is 25. The highest BCUT2D eigenvalue weighted by molar-refractivity contribution is 5.95. The van der Waals surface area contributed by atoms with Crippen molar-refractivity contribution in [1.29, 1.82) is 0 Å². The highest BCUT2D eigenvalue weighted by Gasteiger charge is 2.40. The van der Waals surface area contributed by atoms with Crippen LogP contribution in [-0.2, 0) is 38.2 Å². The Labute approximate surface area is 278 Å². The van der Waals surface area contributed by atoms with E-state index < -0.39 is 41.8 Å². The number of amides is 1. The highest BCUT2D eigenvalue weighted by atomic mass is 16.6. The zero-order valence-electron chi connectivity index (χ0n) is 29.9. The summed E-state index contributed by atoms with van der Waals surface area (Å²) in [7, 11) is 1.75. The molecule has 11 nitrogen and oxygen atoms in total. The molecule has 46 heavy (non-hydrogen) atoms. The molecular formula is C35H63N3O8. The molecule has 0 fully saturated rings. The fraction of sp³-hybridized carbons (Fsp3) is 0.743. The van der Waals surface area contributed by atoms with Crippen LogP contribution in [0.3, 0.4) is 0 Å². The molecule has 0 aromatic rings. The second-order valence-electron chi connectivity index (χ2n) is 12.0. The van der Waals surface area contributed by atoms with Crippen molar-refractivity contribution in [2.75, 3.05) is 33.4 Å². The maximum absolute atomic E-state index is 13.7. The van der Waals surface area contributed by atoms with Gasteiger partial charge in [0.25, 0.3) is 0 Å². The van der Waals surface area contributed by atoms with E-state index in [1.54, 1.807) is 11.9 Å². The van der Waals surface area contributed by atoms with Gasteiger partial charge in [-0.05, 0) is 83.8 Å². The largest absolute Gasteiger partial charge is 0.465 e. The summed E-state index contributed by atoms with van der Waals surface area (Å²) >= 11 is 0. The van der Waals surface area contributed by atoms with Gasteiger partial charge in [0.1, 0.15) is 18.1 Å². The maximum atomic E-state index is 13.7. The van der Waals surface area contributed by atoms with Crippen LogP contribution in [0.15, 0.2) is 25.8 Å². The standard InChI is InChI=1S/C33H59N3O8.C2H4/c1-10-13-18-36(12-3)29(30(25(8)37)44-28(38)11-2)31(39)35-27(22-24(6)7)33(41)43-20-17-15-14-16-19-42-32(40)26(34-9)21-23(4)5;1-2/h11,23-24,26-27,29-30,34H,2,10,12-22H2,1,3-9H3,(H,35,39);1-2H2. The number of ether oxygens (including phenoxy) is 3. The van der Waals surface area contributed by atoms with Gasteiger partial charge >= 0.3 is 17.9 Å². The van der Waals surface area contributed by atoms with Crippen molar-refractivity contribution in [3.8, 4) is 0 Å². The third-order valence-corrected chi connectivity index (χ3v) is 7.14. The van der Waals surface area contributed by atoms with Crippen LogP contribution in [0.1, 0.15) is 99.8 Å². The Morgan fingerprint density at radius 2 is 1.30 bits per heavy atom. The molecule has 0 bridgehead atoms. The van der Waals surface area contributed by atoms with Crippen molar-refractivity contribution in [3.63, 3.8) is 0 Å². The summed E-state index contributed by atoms with van der Waals surface area (Å²) in [5, 5.41) is 5.79. The van der Waals surface area contributed by atoms with Gasteiger partial charge < -0.3 is 24.8 Å². The zero-order valence-corrected chi connectivity index (χ0v) is 29.9. The minimum Gasteiger partial charge on any atom is -0.465 e. The van der Waals surface area contributed by atoms with Gasteiger partial charge in [0.05, 0.1) is 13.2 Å². The molecule has 0 rings (SSSR count). The van der Waals surface area contributed by atoms with E-state index in [2.05, 4.69) is 44.2 Å². The summed E-state index contributed by atoms with van der Waals surface area (Å²) < 4.78 is 16.3. The lowest BCUT2D eigenvalue weighted by molar-refractivity contribution is -0.158. The lowest BCUT2D eigenvalue weighted by Gasteiger charge is -2.34. The monoisotopic (exact) mass is 653 g/mol. The van der Waals surface area contributed by atoms with Crippen LogP contribution in [0, 0.1) is 11.8 Å². The number of esters is 3. The SMILES string of the molecule is C=C.C=CC(=O)OC(C(C)=O)C(C(=O)NC(CC(C)C)C(=O)OCCCCCCOC(=O)C(CC(C)C)NC)N(CC)CCCC. The molecule has 1 amide bonds. The number of carbonyl (C=O) groups excluding carboxylic acids is 5. The zero-order chi connectivity index (χ0) is 35.7. The summed E-state index contributed by atoms with van der Waals surface area (Å²) in [5.74, 6) is -2.20. The van der Waals surface area contributed by atoms with Crippen molar-refractivity contribution < 1.29 is 38.2 Å². The summed E-state index contributed by atoms with van der Waals surface area (Å²) in [4.78, 5) is 65.4. The van der Waals surface area contributed by atoms with Crippen molar-refractivity contribution in [2.45, 2.75) is 124 Å². The van der Waals surface area contributed by atoms with Gasteiger partial charge in [-0.3, -0.25) is 19.3 Å². The molecule has 4 unspecified atom stereocenters. The number of hydrogen-bond donors (Lipinski definition) is 2. The fourth-order valence-electron chi connectivity index (χ4n) is 4.74. The van der Waals surface area contributed by atoms with E-state index in [-0.39, 0.29) is 24.5 Å². The summed E-state index contributed by atoms with van der Waals surface area (Å²) in [6, 6.07) is -2.35. The van der Waals surface area contributed by atoms with Crippen LogP contribution in [-0.4, -0.2) is 92.1 Å². The smallest absolute Gasteiger partial charge is 0.330 e. The Kier molecular flexibility index (Phi) is 26.6. The predicted octanol–water partition coefficient (Wildman–Crippen LogP) is 4.78. The van der Waals surface area contributed by atoms with E-state index in [1.165, 1.54) is 6.92 Å². The van der Waals surface area contributed by atoms with Crippen LogP contribution >= 0.6 is 0 Å². The number of nitrogens with zero attached hydrogens (tertiary/aromatic N) is 1. The Morgan fingerprint density at radius 3 is 1.72 bits per heavy atom. The maximum Gasteiger partial charge on any atom is 0.330 e. The van der Waals surface area contributed by atoms with Gasteiger partial charge in [-0.2, -0.15) is 0 Å². The second kappa shape index (κ2) is 27.1. The van der Waals surface area contributed by atoms with E-state index in [4.69, 9.17) is 14.2 Å². The van der Waals surface area contributed by atoms with Gasteiger partial charge in [0.2, 0.25) is 5.91 Å². The molecule has 0 aliphatic carbocycles. The quantitative estimate of drug-likeness (QED) is 0.0465. The fourth-order valence-corrected chi connectivity index (χ4v) is 4.74. The highest BCUT2D eigenvalue weighted by Crippen LogP contribution is 2.15. The first-order valence-corrected chi connectivity index (χ1v) is 16.7. The summed E-state index contributed by atoms with van der Waals surface area (Å²) in [5.41, 5.74) is 0. The number of Topliss-reactive ketones (excluding diaryl/α,β-unsaturated/α-hetero) is 1. The van der Waals surface area contributed by atoms with Crippen molar-refractivity contribution in [1.82, 2.24) is 15.5 Å². The predicted molar refractivity (Wildman–Crippen MR) is 182 cm³/mol. The molecule has 266 valence electrons. The average Bonchev–Trinajstić information content (AvgIpc) is 3.01. The number of unbranched alkanes of at least 4 members (excludes halogenated alkanes) is 4. The van der Waals surface area contributed by atoms with Gasteiger partial charge in [0.15, 0.2) is 11.9 Å². The van der Waals surface area contributed by atoms with E-state index in [9.17, 15) is 24.0 Å². The summed E-state index contributed by atoms with van der Waals surface area (Å²) in [6.07, 6.45) is 5.23. The average molecular weight is 654 g/mol. The third kappa shape index (κ3) is 19.5. The summed E-state index contributed by atoms with van der Waals surface area (Å²) in [6.45, 7) is 24.0. The Bertz CT molecular complexity index is 908. The first-order valence-electron chi connectivity index (χ1n) is 16.7. The third-order valence-electron chi connectivity index (χ3n) is 7.14. The Morgan fingerprint density at radius 1 is 0.804 bits per heavy atom. The number of ketones is 1. The van der Waals surface area contributed by atoms with Crippen molar-refractivity contribution in [3.05, 3.63) is 25.8 Å². The van der Waals surface area contributed by atoms with E-state index in [1.807, 2.05) is 27.7 Å².